The summed E-state index contributed by atoms with van der Waals surface area (Å²) in [4.78, 5) is 2.56. The molecule has 1 N–H and O–H groups in total. The molecule has 2 aliphatic rings. The van der Waals surface area contributed by atoms with Gasteiger partial charge < -0.3 is 19.5 Å². The van der Waals surface area contributed by atoms with Crippen LogP contribution in [-0.2, 0) is 11.3 Å². The molecule has 1 unspecified atom stereocenters. The number of nitrogens with zero attached hydrogens (tertiary/aromatic N) is 1. The third-order valence-electron chi connectivity index (χ3n) is 5.03. The Hall–Kier alpha value is -1.30. The molecule has 0 amide bonds. The Morgan fingerprint density at radius 1 is 1.17 bits per heavy atom. The van der Waals surface area contributed by atoms with Crippen molar-refractivity contribution in [3.8, 4) is 11.5 Å². The first-order valence-electron chi connectivity index (χ1n) is 8.46. The van der Waals surface area contributed by atoms with Gasteiger partial charge >= 0.3 is 0 Å². The lowest BCUT2D eigenvalue weighted by atomic mass is 9.86. The Labute approximate surface area is 138 Å². The maximum Gasteiger partial charge on any atom is 0.161 e. The van der Waals surface area contributed by atoms with Gasteiger partial charge in [-0.3, -0.25) is 4.90 Å². The fourth-order valence-corrected chi connectivity index (χ4v) is 3.73. The Kier molecular flexibility index (Phi) is 5.41. The molecule has 2 heterocycles. The molecule has 5 nitrogen and oxygen atoms in total. The zero-order valence-electron chi connectivity index (χ0n) is 14.3. The van der Waals surface area contributed by atoms with E-state index in [0.717, 1.165) is 18.0 Å². The minimum Gasteiger partial charge on any atom is -0.493 e. The molecule has 0 aromatic heterocycles. The van der Waals surface area contributed by atoms with Crippen molar-refractivity contribution in [3.63, 3.8) is 0 Å². The van der Waals surface area contributed by atoms with E-state index in [9.17, 15) is 0 Å². The van der Waals surface area contributed by atoms with Crippen LogP contribution in [-0.4, -0.2) is 58.5 Å². The number of benzene rings is 1. The Balaban J connectivity index is 1.60. The maximum absolute atomic E-state index is 5.70. The van der Waals surface area contributed by atoms with Gasteiger partial charge in [0.1, 0.15) is 6.61 Å². The molecule has 128 valence electrons. The molecule has 0 saturated carbocycles. The molecule has 0 bridgehead atoms. The number of ether oxygens (including phenoxy) is 3. The topological polar surface area (TPSA) is 43.0 Å². The Morgan fingerprint density at radius 3 is 2.83 bits per heavy atom. The molecule has 1 aromatic rings. The molecule has 5 heteroatoms. The zero-order valence-corrected chi connectivity index (χ0v) is 14.3. The summed E-state index contributed by atoms with van der Waals surface area (Å²) >= 11 is 0. The number of hydrogen-bond acceptors (Lipinski definition) is 5. The van der Waals surface area contributed by atoms with Gasteiger partial charge in [-0.15, -0.1) is 0 Å². The monoisotopic (exact) mass is 320 g/mol. The van der Waals surface area contributed by atoms with Crippen LogP contribution in [0.4, 0.5) is 0 Å². The molecule has 3 rings (SSSR count). The van der Waals surface area contributed by atoms with Gasteiger partial charge in [0.2, 0.25) is 0 Å². The molecular formula is C18H28N2O3. The van der Waals surface area contributed by atoms with Crippen LogP contribution in [0.15, 0.2) is 18.2 Å². The summed E-state index contributed by atoms with van der Waals surface area (Å²) in [5.74, 6) is 1.58. The highest BCUT2D eigenvalue weighted by atomic mass is 16.5. The first-order chi connectivity index (χ1) is 11.2. The third-order valence-corrected chi connectivity index (χ3v) is 5.03. The molecule has 23 heavy (non-hydrogen) atoms. The van der Waals surface area contributed by atoms with E-state index in [1.54, 1.807) is 14.2 Å². The lowest BCUT2D eigenvalue weighted by Gasteiger charge is -2.23. The van der Waals surface area contributed by atoms with Crippen molar-refractivity contribution < 1.29 is 14.2 Å². The van der Waals surface area contributed by atoms with Crippen LogP contribution in [0.25, 0.3) is 0 Å². The number of methoxy groups -OCH3 is 2. The second-order valence-corrected chi connectivity index (χ2v) is 6.71. The van der Waals surface area contributed by atoms with Gasteiger partial charge in [-0.2, -0.15) is 0 Å². The summed E-state index contributed by atoms with van der Waals surface area (Å²) in [5.41, 5.74) is 1.80. The Bertz CT molecular complexity index is 515. The molecule has 1 atom stereocenters. The molecule has 2 saturated heterocycles. The zero-order chi connectivity index (χ0) is 16.1. The van der Waals surface area contributed by atoms with Crippen LogP contribution < -0.4 is 14.8 Å². The van der Waals surface area contributed by atoms with Crippen LogP contribution in [0.1, 0.15) is 18.4 Å². The second-order valence-electron chi connectivity index (χ2n) is 6.71. The fraction of sp³-hybridized carbons (Fsp3) is 0.667. The first kappa shape index (κ1) is 16.6. The van der Waals surface area contributed by atoms with E-state index in [0.29, 0.717) is 18.6 Å². The van der Waals surface area contributed by atoms with Crippen molar-refractivity contribution in [2.24, 2.45) is 5.41 Å². The van der Waals surface area contributed by atoms with Crippen LogP contribution >= 0.6 is 0 Å². The van der Waals surface area contributed by atoms with Gasteiger partial charge in [0.15, 0.2) is 11.5 Å². The lowest BCUT2D eigenvalue weighted by Crippen LogP contribution is -2.28. The SMILES string of the molecule is COCCOc1ccc(CN2CCC3(CCNC3)C2)cc1OC. The maximum atomic E-state index is 5.70. The van der Waals surface area contributed by atoms with Gasteiger partial charge in [0.25, 0.3) is 0 Å². The minimum atomic E-state index is 0.521. The van der Waals surface area contributed by atoms with Gasteiger partial charge in [0.05, 0.1) is 13.7 Å². The smallest absolute Gasteiger partial charge is 0.161 e. The summed E-state index contributed by atoms with van der Waals surface area (Å²) in [6, 6.07) is 6.25. The largest absolute Gasteiger partial charge is 0.493 e. The average Bonchev–Trinajstić information content (AvgIpc) is 3.19. The van der Waals surface area contributed by atoms with Gasteiger partial charge in [-0.05, 0) is 49.0 Å². The average molecular weight is 320 g/mol. The van der Waals surface area contributed by atoms with E-state index >= 15 is 0 Å². The van der Waals surface area contributed by atoms with E-state index in [1.807, 2.05) is 6.07 Å². The van der Waals surface area contributed by atoms with E-state index in [4.69, 9.17) is 14.2 Å². The highest BCUT2D eigenvalue weighted by Crippen LogP contribution is 2.37. The number of nitrogens with one attached hydrogen (secondary N) is 1. The fourth-order valence-electron chi connectivity index (χ4n) is 3.73. The van der Waals surface area contributed by atoms with Crippen molar-refractivity contribution in [1.82, 2.24) is 10.2 Å². The number of hydrogen-bond donors (Lipinski definition) is 1. The highest BCUT2D eigenvalue weighted by molar-refractivity contribution is 5.43. The molecule has 1 aromatic carbocycles. The predicted octanol–water partition coefficient (Wildman–Crippen LogP) is 1.91. The molecule has 2 aliphatic heterocycles. The number of likely N-dealkylation sites (tertiary alicyclic amines) is 1. The third kappa shape index (κ3) is 3.97. The van der Waals surface area contributed by atoms with Crippen molar-refractivity contribution >= 4 is 0 Å². The normalized spacial score (nSPS) is 24.4. The van der Waals surface area contributed by atoms with Gasteiger partial charge in [-0.25, -0.2) is 0 Å². The highest BCUT2D eigenvalue weighted by Gasteiger charge is 2.40. The molecular weight excluding hydrogens is 292 g/mol. The molecule has 2 fully saturated rings. The lowest BCUT2D eigenvalue weighted by molar-refractivity contribution is 0.144. The molecule has 0 radical (unpaired) electrons. The minimum absolute atomic E-state index is 0.521. The summed E-state index contributed by atoms with van der Waals surface area (Å²) < 4.78 is 16.2. The predicted molar refractivity (Wildman–Crippen MR) is 90.2 cm³/mol. The standard InChI is InChI=1S/C18H28N2O3/c1-21-9-10-23-16-4-3-15(11-17(16)22-2)12-20-8-6-18(14-20)5-7-19-13-18/h3-4,11,19H,5-10,12-14H2,1-2H3. The van der Waals surface area contributed by atoms with E-state index in [2.05, 4.69) is 22.3 Å². The first-order valence-corrected chi connectivity index (χ1v) is 8.46. The van der Waals surface area contributed by atoms with Crippen LogP contribution in [0.5, 0.6) is 11.5 Å². The summed E-state index contributed by atoms with van der Waals surface area (Å²) in [5, 5.41) is 3.52. The molecule has 0 aliphatic carbocycles. The molecule has 1 spiro atoms. The van der Waals surface area contributed by atoms with Crippen molar-refractivity contribution in [1.29, 1.82) is 0 Å². The van der Waals surface area contributed by atoms with Crippen molar-refractivity contribution in [3.05, 3.63) is 23.8 Å². The van der Waals surface area contributed by atoms with Crippen molar-refractivity contribution in [2.75, 3.05) is 53.6 Å². The van der Waals surface area contributed by atoms with E-state index in [1.165, 1.54) is 44.6 Å². The Morgan fingerprint density at radius 2 is 2.09 bits per heavy atom. The summed E-state index contributed by atoms with van der Waals surface area (Å²) in [6.07, 6.45) is 2.63. The second kappa shape index (κ2) is 7.51. The van der Waals surface area contributed by atoms with Crippen LogP contribution in [0.3, 0.4) is 0 Å². The van der Waals surface area contributed by atoms with Gasteiger partial charge in [0, 0.05) is 26.7 Å². The summed E-state index contributed by atoms with van der Waals surface area (Å²) in [6.45, 7) is 6.85. The van der Waals surface area contributed by atoms with Gasteiger partial charge in [-0.1, -0.05) is 6.07 Å². The van der Waals surface area contributed by atoms with Crippen LogP contribution in [0.2, 0.25) is 0 Å². The van der Waals surface area contributed by atoms with Crippen molar-refractivity contribution in [2.45, 2.75) is 19.4 Å². The number of rotatable bonds is 7. The summed E-state index contributed by atoms with van der Waals surface area (Å²) in [7, 11) is 3.36. The van der Waals surface area contributed by atoms with E-state index in [-0.39, 0.29) is 0 Å². The van der Waals surface area contributed by atoms with Crippen LogP contribution in [0, 0.1) is 5.41 Å². The quantitative estimate of drug-likeness (QED) is 0.778. The van der Waals surface area contributed by atoms with E-state index < -0.39 is 0 Å².